The molecule has 1 saturated heterocycles. The van der Waals surface area contributed by atoms with Crippen molar-refractivity contribution in [3.8, 4) is 0 Å². The Kier molecular flexibility index (Phi) is 4.42. The van der Waals surface area contributed by atoms with Crippen LogP contribution in [0.5, 0.6) is 0 Å². The Morgan fingerprint density at radius 3 is 2.65 bits per heavy atom. The maximum absolute atomic E-state index is 12.4. The van der Waals surface area contributed by atoms with Crippen molar-refractivity contribution < 1.29 is 9.59 Å². The third-order valence-electron chi connectivity index (χ3n) is 4.06. The number of H-pyrrole nitrogens is 1. The molecule has 0 bridgehead atoms. The molecule has 3 rings (SSSR count). The van der Waals surface area contributed by atoms with Crippen molar-refractivity contribution in [2.75, 3.05) is 18.4 Å². The minimum atomic E-state index is -0.0753. The van der Waals surface area contributed by atoms with E-state index in [1.54, 1.807) is 18.0 Å². The summed E-state index contributed by atoms with van der Waals surface area (Å²) >= 11 is 1.43. The molecule has 0 spiro atoms. The van der Waals surface area contributed by atoms with Crippen LogP contribution in [0.25, 0.3) is 0 Å². The Balaban J connectivity index is 1.55. The van der Waals surface area contributed by atoms with Crippen molar-refractivity contribution in [3.63, 3.8) is 0 Å². The zero-order valence-corrected chi connectivity index (χ0v) is 13.9. The third-order valence-corrected chi connectivity index (χ3v) is 4.94. The summed E-state index contributed by atoms with van der Waals surface area (Å²) in [4.78, 5) is 30.7. The second kappa shape index (κ2) is 6.49. The van der Waals surface area contributed by atoms with Gasteiger partial charge in [0.15, 0.2) is 5.13 Å². The molecule has 2 aromatic rings. The first-order chi connectivity index (χ1) is 11.0. The van der Waals surface area contributed by atoms with Crippen LogP contribution in [0.3, 0.4) is 0 Å². The summed E-state index contributed by atoms with van der Waals surface area (Å²) in [5.41, 5.74) is 2.21. The normalized spacial score (nSPS) is 15.7. The molecule has 1 aliphatic heterocycles. The lowest BCUT2D eigenvalue weighted by Crippen LogP contribution is -2.41. The molecule has 122 valence electrons. The monoisotopic (exact) mass is 333 g/mol. The smallest absolute Gasteiger partial charge is 0.257 e. The molecule has 3 heterocycles. The zero-order valence-electron chi connectivity index (χ0n) is 13.1. The molecule has 2 N–H and O–H groups in total. The van der Waals surface area contributed by atoms with Gasteiger partial charge in [0.1, 0.15) is 0 Å². The van der Waals surface area contributed by atoms with Crippen molar-refractivity contribution in [2.24, 2.45) is 5.92 Å². The van der Waals surface area contributed by atoms with Gasteiger partial charge in [0.2, 0.25) is 5.91 Å². The number of nitrogens with one attached hydrogen (secondary N) is 2. The molecule has 0 radical (unpaired) electrons. The molecule has 1 aliphatic rings. The van der Waals surface area contributed by atoms with Crippen LogP contribution in [0.2, 0.25) is 0 Å². The highest BCUT2D eigenvalue weighted by Gasteiger charge is 2.29. The highest BCUT2D eigenvalue weighted by molar-refractivity contribution is 7.13. The number of piperidine rings is 1. The van der Waals surface area contributed by atoms with Crippen LogP contribution in [0.15, 0.2) is 11.6 Å². The van der Waals surface area contributed by atoms with E-state index < -0.39 is 0 Å². The predicted octanol–water partition coefficient (Wildman–Crippen LogP) is 1.97. The van der Waals surface area contributed by atoms with E-state index in [0.29, 0.717) is 42.3 Å². The van der Waals surface area contributed by atoms with Crippen LogP contribution in [0, 0.1) is 19.8 Å². The Bertz CT molecular complexity index is 715. The van der Waals surface area contributed by atoms with Crippen LogP contribution in [0.1, 0.15) is 34.6 Å². The Hall–Kier alpha value is -2.22. The summed E-state index contributed by atoms with van der Waals surface area (Å²) < 4.78 is 0. The lowest BCUT2D eigenvalue weighted by Gasteiger charge is -2.31. The summed E-state index contributed by atoms with van der Waals surface area (Å²) in [7, 11) is 0. The van der Waals surface area contributed by atoms with Crippen molar-refractivity contribution in [3.05, 3.63) is 28.5 Å². The van der Waals surface area contributed by atoms with Crippen LogP contribution in [0.4, 0.5) is 5.13 Å². The topological polar surface area (TPSA) is 91.0 Å². The third kappa shape index (κ3) is 3.42. The maximum atomic E-state index is 12.4. The first-order valence-electron chi connectivity index (χ1n) is 7.57. The summed E-state index contributed by atoms with van der Waals surface area (Å²) in [6.07, 6.45) is 2.96. The van der Waals surface area contributed by atoms with Crippen molar-refractivity contribution in [2.45, 2.75) is 26.7 Å². The van der Waals surface area contributed by atoms with Gasteiger partial charge in [-0.25, -0.2) is 4.98 Å². The fraction of sp³-hybridized carbons (Fsp3) is 0.467. The number of rotatable bonds is 3. The quantitative estimate of drug-likeness (QED) is 0.898. The summed E-state index contributed by atoms with van der Waals surface area (Å²) in [6, 6.07) is 0. The highest BCUT2D eigenvalue weighted by atomic mass is 32.1. The lowest BCUT2D eigenvalue weighted by molar-refractivity contribution is -0.121. The molecular formula is C15H19N5O2S. The van der Waals surface area contributed by atoms with Crippen LogP contribution >= 0.6 is 11.3 Å². The van der Waals surface area contributed by atoms with Crippen molar-refractivity contribution in [1.29, 1.82) is 0 Å². The van der Waals surface area contributed by atoms with Gasteiger partial charge < -0.3 is 10.2 Å². The van der Waals surface area contributed by atoms with Gasteiger partial charge in [0.25, 0.3) is 5.91 Å². The van der Waals surface area contributed by atoms with E-state index in [-0.39, 0.29) is 17.7 Å². The van der Waals surface area contributed by atoms with Crippen LogP contribution in [-0.2, 0) is 4.79 Å². The predicted molar refractivity (Wildman–Crippen MR) is 87.4 cm³/mol. The number of amides is 2. The first kappa shape index (κ1) is 15.7. The number of likely N-dealkylation sites (tertiary alicyclic amines) is 1. The molecule has 7 nitrogen and oxygen atoms in total. The molecular weight excluding hydrogens is 314 g/mol. The van der Waals surface area contributed by atoms with Gasteiger partial charge in [0.05, 0.1) is 17.0 Å². The van der Waals surface area contributed by atoms with Gasteiger partial charge in [0, 0.05) is 30.6 Å². The molecule has 2 amide bonds. The Morgan fingerprint density at radius 1 is 1.35 bits per heavy atom. The second-order valence-electron chi connectivity index (χ2n) is 5.73. The molecule has 8 heteroatoms. The molecule has 0 saturated carbocycles. The lowest BCUT2D eigenvalue weighted by atomic mass is 9.95. The molecule has 0 aromatic carbocycles. The maximum Gasteiger partial charge on any atom is 0.257 e. The average molecular weight is 333 g/mol. The number of thiazole rings is 1. The zero-order chi connectivity index (χ0) is 16.4. The van der Waals surface area contributed by atoms with E-state index >= 15 is 0 Å². The van der Waals surface area contributed by atoms with Gasteiger partial charge in [-0.2, -0.15) is 5.10 Å². The fourth-order valence-electron chi connectivity index (χ4n) is 2.71. The van der Waals surface area contributed by atoms with E-state index in [1.165, 1.54) is 11.3 Å². The Morgan fingerprint density at radius 2 is 2.09 bits per heavy atom. The van der Waals surface area contributed by atoms with Crippen molar-refractivity contribution in [1.82, 2.24) is 20.1 Å². The number of hydrogen-bond acceptors (Lipinski definition) is 5. The minimum absolute atomic E-state index is 0.00839. The number of aromatic nitrogens is 3. The number of aryl methyl sites for hydroxylation is 2. The van der Waals surface area contributed by atoms with E-state index in [1.807, 2.05) is 12.3 Å². The van der Waals surface area contributed by atoms with Gasteiger partial charge in [-0.3, -0.25) is 14.7 Å². The molecule has 0 aliphatic carbocycles. The molecule has 0 atom stereocenters. The average Bonchev–Trinajstić information content (AvgIpc) is 3.15. The van der Waals surface area contributed by atoms with Crippen LogP contribution in [-0.4, -0.2) is 45.0 Å². The molecule has 2 aromatic heterocycles. The van der Waals surface area contributed by atoms with E-state index in [0.717, 1.165) is 5.69 Å². The van der Waals surface area contributed by atoms with Gasteiger partial charge in [-0.1, -0.05) is 0 Å². The van der Waals surface area contributed by atoms with Gasteiger partial charge >= 0.3 is 0 Å². The van der Waals surface area contributed by atoms with Crippen molar-refractivity contribution >= 4 is 28.3 Å². The standard InChI is InChI=1S/C15H19N5O2S/c1-9-8-23-15(17-9)18-13(21)11-3-5-20(6-4-11)14(22)12-7-16-19-10(12)2/h7-8,11H,3-6H2,1-2H3,(H,16,19)(H,17,18,21). The number of aromatic amines is 1. The Labute approximate surface area is 138 Å². The largest absolute Gasteiger partial charge is 0.338 e. The molecule has 23 heavy (non-hydrogen) atoms. The first-order valence-corrected chi connectivity index (χ1v) is 8.45. The van der Waals surface area contributed by atoms with Gasteiger partial charge in [-0.05, 0) is 26.7 Å². The number of hydrogen-bond donors (Lipinski definition) is 2. The van der Waals surface area contributed by atoms with Gasteiger partial charge in [-0.15, -0.1) is 11.3 Å². The summed E-state index contributed by atoms with van der Waals surface area (Å²) in [6.45, 7) is 4.87. The van der Waals surface area contributed by atoms with E-state index in [9.17, 15) is 9.59 Å². The van der Waals surface area contributed by atoms with E-state index in [2.05, 4.69) is 20.5 Å². The molecule has 0 unspecified atom stereocenters. The number of anilines is 1. The SMILES string of the molecule is Cc1csc(NC(=O)C2CCN(C(=O)c3c[nH]nc3C)CC2)n1. The van der Waals surface area contributed by atoms with Crippen LogP contribution < -0.4 is 5.32 Å². The number of carbonyl (C=O) groups excluding carboxylic acids is 2. The van der Waals surface area contributed by atoms with E-state index in [4.69, 9.17) is 0 Å². The molecule has 1 fully saturated rings. The number of carbonyl (C=O) groups is 2. The fourth-order valence-corrected chi connectivity index (χ4v) is 3.40. The number of nitrogens with zero attached hydrogens (tertiary/aromatic N) is 3. The minimum Gasteiger partial charge on any atom is -0.338 e. The summed E-state index contributed by atoms with van der Waals surface area (Å²) in [5.74, 6) is -0.106. The summed E-state index contributed by atoms with van der Waals surface area (Å²) in [5, 5.41) is 12.1. The second-order valence-corrected chi connectivity index (χ2v) is 6.59. The highest BCUT2D eigenvalue weighted by Crippen LogP contribution is 2.22.